The zero-order valence-electron chi connectivity index (χ0n) is 22.6. The number of carboxylic acid groups (broad SMARTS) is 1. The quantitative estimate of drug-likeness (QED) is 0.0704. The number of urea groups is 1. The molecular formula is C28H24N6O8S. The average molecular weight is 605 g/mol. The first kappa shape index (κ1) is 30.3. The maximum absolute atomic E-state index is 12.6. The van der Waals surface area contributed by atoms with Crippen molar-refractivity contribution in [3.8, 4) is 5.75 Å². The number of carbonyl (C=O) groups excluding carboxylic acids is 2. The number of hydrogen-bond donors (Lipinski definition) is 5. The van der Waals surface area contributed by atoms with E-state index in [4.69, 9.17) is 4.74 Å². The average Bonchev–Trinajstić information content (AvgIpc) is 2.97. The molecular weight excluding hydrogens is 580 g/mol. The van der Waals surface area contributed by atoms with Crippen LogP contribution in [-0.4, -0.2) is 48.7 Å². The Balaban J connectivity index is 1.37. The number of benzene rings is 3. The smallest absolute Gasteiger partial charge is 0.339 e. The van der Waals surface area contributed by atoms with Crippen molar-refractivity contribution in [3.63, 3.8) is 0 Å². The summed E-state index contributed by atoms with van der Waals surface area (Å²) in [7, 11) is -2.97. The van der Waals surface area contributed by atoms with E-state index in [-0.39, 0.29) is 33.2 Å². The fraction of sp³-hybridized carbons (Fsp3) is 0.0714. The summed E-state index contributed by atoms with van der Waals surface area (Å²) in [4.78, 5) is 35.5. The number of ether oxygens (including phenoxy) is 1. The van der Waals surface area contributed by atoms with Crippen molar-refractivity contribution in [3.05, 3.63) is 90.0 Å². The van der Waals surface area contributed by atoms with Gasteiger partial charge in [-0.1, -0.05) is 6.07 Å². The largest absolute Gasteiger partial charge is 0.494 e. The summed E-state index contributed by atoms with van der Waals surface area (Å²) in [6.07, 6.45) is 2.65. The second-order valence-corrected chi connectivity index (χ2v) is 10.3. The number of hydrogen-bond acceptors (Lipinski definition) is 10. The summed E-state index contributed by atoms with van der Waals surface area (Å²) in [6, 6.07) is 15.9. The number of azo groups is 1. The molecule has 43 heavy (non-hydrogen) atoms. The fourth-order valence-electron chi connectivity index (χ4n) is 3.69. The van der Waals surface area contributed by atoms with Crippen LogP contribution in [-0.2, 0) is 19.7 Å². The van der Waals surface area contributed by atoms with Crippen LogP contribution >= 0.6 is 0 Å². The van der Waals surface area contributed by atoms with Crippen LogP contribution in [0.15, 0.2) is 110 Å². The van der Waals surface area contributed by atoms with Gasteiger partial charge in [0.15, 0.2) is 5.78 Å². The molecule has 5 N–H and O–H groups in total. The summed E-state index contributed by atoms with van der Waals surface area (Å²) < 4.78 is 37.2. The van der Waals surface area contributed by atoms with Gasteiger partial charge in [-0.05, 0) is 79.2 Å². The number of nitrogens with zero attached hydrogens (tertiary/aromatic N) is 3. The lowest BCUT2D eigenvalue weighted by molar-refractivity contribution is -0.134. The van der Waals surface area contributed by atoms with Crippen molar-refractivity contribution < 1.29 is 37.2 Å². The molecule has 0 radical (unpaired) electrons. The third kappa shape index (κ3) is 7.96. The van der Waals surface area contributed by atoms with Crippen molar-refractivity contribution in [2.45, 2.75) is 11.8 Å². The Bertz CT molecular complexity index is 1830. The Morgan fingerprint density at radius 1 is 0.884 bits per heavy atom. The molecule has 0 spiro atoms. The van der Waals surface area contributed by atoms with Crippen LogP contribution in [0.5, 0.6) is 5.75 Å². The molecule has 4 rings (SSSR count). The fourth-order valence-corrected chi connectivity index (χ4v) is 4.21. The van der Waals surface area contributed by atoms with Crippen LogP contribution in [0.1, 0.15) is 6.92 Å². The summed E-state index contributed by atoms with van der Waals surface area (Å²) in [6.45, 7) is 1.51. The third-order valence-electron chi connectivity index (χ3n) is 5.78. The number of nitrogens with one attached hydrogen (secondary N) is 3. The maximum Gasteiger partial charge on any atom is 0.339 e. The number of methoxy groups -OCH3 is 1. The predicted molar refractivity (Wildman–Crippen MR) is 158 cm³/mol. The first-order valence-corrected chi connectivity index (χ1v) is 13.7. The Morgan fingerprint density at radius 2 is 1.56 bits per heavy atom. The molecule has 3 aromatic rings. The van der Waals surface area contributed by atoms with Gasteiger partial charge < -0.3 is 20.5 Å². The summed E-state index contributed by atoms with van der Waals surface area (Å²) in [5, 5.41) is 26.7. The van der Waals surface area contributed by atoms with Crippen molar-refractivity contribution in [1.29, 1.82) is 0 Å². The second-order valence-electron chi connectivity index (χ2n) is 8.88. The topological polar surface area (TPSA) is 208 Å². The molecule has 0 aromatic heterocycles. The lowest BCUT2D eigenvalue weighted by atomic mass is 9.97. The highest BCUT2D eigenvalue weighted by Gasteiger charge is 2.23. The van der Waals surface area contributed by atoms with Crippen LogP contribution < -0.4 is 20.8 Å². The number of aliphatic carboxylic acids is 1. The number of Topliss-reactive ketones (excluding diaryl/α,β-unsaturated/α-hetero) is 1. The van der Waals surface area contributed by atoms with Gasteiger partial charge in [-0.25, -0.2) is 9.59 Å². The van der Waals surface area contributed by atoms with E-state index in [1.807, 2.05) is 0 Å². The molecule has 0 atom stereocenters. The van der Waals surface area contributed by atoms with Gasteiger partial charge in [0.25, 0.3) is 10.1 Å². The normalized spacial score (nSPS) is 14.2. The monoisotopic (exact) mass is 604 g/mol. The highest BCUT2D eigenvalue weighted by Crippen LogP contribution is 2.31. The molecule has 0 unspecified atom stereocenters. The predicted octanol–water partition coefficient (Wildman–Crippen LogP) is 5.31. The van der Waals surface area contributed by atoms with Gasteiger partial charge in [0, 0.05) is 11.8 Å². The molecule has 3 aromatic carbocycles. The van der Waals surface area contributed by atoms with Crippen LogP contribution in [0.4, 0.5) is 33.2 Å². The Kier molecular flexibility index (Phi) is 9.08. The molecule has 15 heteroatoms. The van der Waals surface area contributed by atoms with Gasteiger partial charge in [0.2, 0.25) is 0 Å². The van der Waals surface area contributed by atoms with E-state index < -0.39 is 27.9 Å². The van der Waals surface area contributed by atoms with Gasteiger partial charge in [-0.2, -0.15) is 23.7 Å². The molecule has 1 aliphatic rings. The maximum atomic E-state index is 12.6. The van der Waals surface area contributed by atoms with Crippen molar-refractivity contribution in [2.75, 3.05) is 23.2 Å². The molecule has 0 bridgehead atoms. The molecule has 1 aliphatic carbocycles. The first-order chi connectivity index (χ1) is 20.4. The Hall–Kier alpha value is -5.67. The van der Waals surface area contributed by atoms with Crippen molar-refractivity contribution in [2.24, 2.45) is 15.3 Å². The second kappa shape index (κ2) is 12.9. The van der Waals surface area contributed by atoms with Crippen LogP contribution in [0.2, 0.25) is 0 Å². The summed E-state index contributed by atoms with van der Waals surface area (Å²) >= 11 is 0. The minimum atomic E-state index is -4.38. The highest BCUT2D eigenvalue weighted by atomic mass is 32.2. The van der Waals surface area contributed by atoms with E-state index in [1.54, 1.807) is 36.4 Å². The molecule has 14 nitrogen and oxygen atoms in total. The summed E-state index contributed by atoms with van der Waals surface area (Å²) in [5.41, 5.74) is 4.82. The molecule has 220 valence electrons. The van der Waals surface area contributed by atoms with Gasteiger partial charge in [-0.15, -0.1) is 0 Å². The van der Waals surface area contributed by atoms with E-state index in [9.17, 15) is 32.5 Å². The lowest BCUT2D eigenvalue weighted by Crippen LogP contribution is -2.19. The number of ketones is 1. The minimum Gasteiger partial charge on any atom is -0.494 e. The zero-order valence-corrected chi connectivity index (χ0v) is 23.4. The molecule has 0 saturated carbocycles. The first-order valence-electron chi connectivity index (χ1n) is 12.3. The van der Waals surface area contributed by atoms with Crippen LogP contribution in [0.3, 0.4) is 0 Å². The molecule has 0 heterocycles. The third-order valence-corrected chi connectivity index (χ3v) is 6.63. The number of allylic oxidation sites excluding steroid dienone is 3. The minimum absolute atomic E-state index is 0.200. The van der Waals surface area contributed by atoms with Crippen LogP contribution in [0.25, 0.3) is 0 Å². The van der Waals surface area contributed by atoms with E-state index >= 15 is 0 Å². The van der Waals surface area contributed by atoms with Gasteiger partial charge >= 0.3 is 12.0 Å². The highest BCUT2D eigenvalue weighted by molar-refractivity contribution is 7.85. The summed E-state index contributed by atoms with van der Waals surface area (Å²) in [5.74, 6) is -1.62. The van der Waals surface area contributed by atoms with E-state index in [1.165, 1.54) is 56.5 Å². The number of carbonyl (C=O) groups is 3. The van der Waals surface area contributed by atoms with Crippen LogP contribution in [0, 0.1) is 0 Å². The number of amides is 2. The lowest BCUT2D eigenvalue weighted by Gasteiger charge is -2.12. The SMILES string of the molecule is COc1cc(N=Nc2cccc(S(=O)(=O)O)c2)ccc1NC(=O)Nc1ccc(N/N=C2/C=C(C)C(=O)C(C(=O)O)=C2)cc1. The zero-order chi connectivity index (χ0) is 31.1. The molecule has 0 fully saturated rings. The molecule has 0 saturated heterocycles. The number of carboxylic acids is 1. The number of anilines is 3. The van der Waals surface area contributed by atoms with Gasteiger partial charge in [0.1, 0.15) is 11.3 Å². The standard InChI is InChI=1S/C28H24N6O8S/c1-16-12-21(14-23(26(16)35)27(36)37)34-31-18-8-6-17(7-9-18)29-28(38)30-24-11-10-20(15-25(24)42-2)33-32-19-4-3-5-22(13-19)43(39,40)41/h3-15,31H,1-2H3,(H,36,37)(H2,29,30,38)(H,39,40,41)/b33-32?,34-21-. The van der Waals surface area contributed by atoms with Crippen molar-refractivity contribution in [1.82, 2.24) is 0 Å². The van der Waals surface area contributed by atoms with E-state index in [2.05, 4.69) is 31.4 Å². The Labute approximate surface area is 245 Å². The molecule has 0 aliphatic heterocycles. The Morgan fingerprint density at radius 3 is 2.21 bits per heavy atom. The van der Waals surface area contributed by atoms with Crippen molar-refractivity contribution >= 4 is 62.1 Å². The number of rotatable bonds is 9. The number of hydrazone groups is 1. The molecule has 2 amide bonds. The van der Waals surface area contributed by atoms with E-state index in [0.29, 0.717) is 22.7 Å². The van der Waals surface area contributed by atoms with Gasteiger partial charge in [-0.3, -0.25) is 14.8 Å². The van der Waals surface area contributed by atoms with Gasteiger partial charge in [0.05, 0.1) is 40.5 Å². The van der Waals surface area contributed by atoms with E-state index in [0.717, 1.165) is 0 Å².